The van der Waals surface area contributed by atoms with Crippen LogP contribution in [0.2, 0.25) is 0 Å². The predicted molar refractivity (Wildman–Crippen MR) is 156 cm³/mol. The van der Waals surface area contributed by atoms with E-state index in [1.807, 2.05) is 30.3 Å². The van der Waals surface area contributed by atoms with Gasteiger partial charge in [-0.2, -0.15) is 13.2 Å². The van der Waals surface area contributed by atoms with Crippen molar-refractivity contribution in [3.63, 3.8) is 0 Å². The first-order valence-electron chi connectivity index (χ1n) is 14.2. The fourth-order valence-corrected chi connectivity index (χ4v) is 6.05. The number of hydrogen-bond donors (Lipinski definition) is 4. The maximum Gasteiger partial charge on any atom is 0.416 e. The molecule has 0 unspecified atom stereocenters. The van der Waals surface area contributed by atoms with E-state index in [1.54, 1.807) is 24.3 Å². The number of aliphatic hydroxyl groups is 2. The molecule has 2 heterocycles. The number of fused-ring (bicyclic) bond motifs is 4. The first kappa shape index (κ1) is 29.5. The van der Waals surface area contributed by atoms with Gasteiger partial charge in [-0.1, -0.05) is 36.4 Å². The highest BCUT2D eigenvalue weighted by Crippen LogP contribution is 2.47. The van der Waals surface area contributed by atoms with Gasteiger partial charge in [0, 0.05) is 47.4 Å². The summed E-state index contributed by atoms with van der Waals surface area (Å²) in [6.45, 7) is -0.214. The third kappa shape index (κ3) is 5.56. The normalized spacial score (nSPS) is 20.8. The van der Waals surface area contributed by atoms with Crippen LogP contribution in [0, 0.1) is 0 Å². The monoisotopic (exact) mass is 605 g/mol. The zero-order chi connectivity index (χ0) is 31.0. The average Bonchev–Trinajstić information content (AvgIpc) is 3.62. The van der Waals surface area contributed by atoms with Crippen molar-refractivity contribution in [2.24, 2.45) is 0 Å². The van der Waals surface area contributed by atoms with Gasteiger partial charge in [-0.25, -0.2) is 0 Å². The van der Waals surface area contributed by atoms with Crippen molar-refractivity contribution in [1.82, 2.24) is 15.2 Å². The van der Waals surface area contributed by atoms with Gasteiger partial charge in [0.25, 0.3) is 5.91 Å². The Labute approximate surface area is 250 Å². The molecule has 4 aromatic rings. The summed E-state index contributed by atoms with van der Waals surface area (Å²) in [5.74, 6) is -1.22. The molecule has 8 nitrogen and oxygen atoms in total. The van der Waals surface area contributed by atoms with E-state index in [0.717, 1.165) is 40.9 Å². The number of aliphatic hydroxyl groups excluding tert-OH is 2. The van der Waals surface area contributed by atoms with Crippen LogP contribution in [0.15, 0.2) is 90.5 Å². The largest absolute Gasteiger partial charge is 0.486 e. The number of alkyl halides is 3. The highest BCUT2D eigenvalue weighted by Gasteiger charge is 2.50. The molecule has 44 heavy (non-hydrogen) atoms. The van der Waals surface area contributed by atoms with E-state index in [4.69, 9.17) is 4.74 Å². The first-order valence-corrected chi connectivity index (χ1v) is 14.2. The van der Waals surface area contributed by atoms with Gasteiger partial charge in [0.1, 0.15) is 18.0 Å². The quantitative estimate of drug-likeness (QED) is 0.241. The van der Waals surface area contributed by atoms with Gasteiger partial charge in [0.05, 0.1) is 24.1 Å². The lowest BCUT2D eigenvalue weighted by Crippen LogP contribution is -2.56. The number of benzene rings is 3. The number of halogens is 3. The minimum absolute atomic E-state index is 0.000668. The van der Waals surface area contributed by atoms with Crippen LogP contribution in [0.4, 0.5) is 13.2 Å². The lowest BCUT2D eigenvalue weighted by Gasteiger charge is -2.40. The molecule has 0 spiro atoms. The van der Waals surface area contributed by atoms with E-state index < -0.39 is 47.7 Å². The molecule has 11 heteroatoms. The number of nitrogens with zero attached hydrogens (tertiary/aromatic N) is 1. The summed E-state index contributed by atoms with van der Waals surface area (Å²) in [6.07, 6.45) is -4.88. The van der Waals surface area contributed by atoms with E-state index in [9.17, 15) is 33.0 Å². The van der Waals surface area contributed by atoms with Gasteiger partial charge in [0.2, 0.25) is 5.91 Å². The van der Waals surface area contributed by atoms with E-state index in [0.29, 0.717) is 17.7 Å². The van der Waals surface area contributed by atoms with Gasteiger partial charge < -0.3 is 30.2 Å². The summed E-state index contributed by atoms with van der Waals surface area (Å²) in [5.41, 5.74) is 1.80. The fourth-order valence-electron chi connectivity index (χ4n) is 6.05. The van der Waals surface area contributed by atoms with Gasteiger partial charge in [-0.05, 0) is 53.9 Å². The molecule has 6 rings (SSSR count). The third-order valence-electron chi connectivity index (χ3n) is 8.16. The Kier molecular flexibility index (Phi) is 7.91. The van der Waals surface area contributed by atoms with Gasteiger partial charge in [-0.15, -0.1) is 0 Å². The van der Waals surface area contributed by atoms with Crippen LogP contribution in [-0.4, -0.2) is 69.9 Å². The highest BCUT2D eigenvalue weighted by atomic mass is 19.4. The maximum absolute atomic E-state index is 14.0. The van der Waals surface area contributed by atoms with Gasteiger partial charge in [0.15, 0.2) is 0 Å². The number of para-hydroxylation sites is 2. The molecular formula is C33H30F3N3O5. The lowest BCUT2D eigenvalue weighted by atomic mass is 9.77. The summed E-state index contributed by atoms with van der Waals surface area (Å²) >= 11 is 0. The number of aromatic amines is 1. The number of amides is 2. The molecular weight excluding hydrogens is 575 g/mol. The third-order valence-corrected chi connectivity index (χ3v) is 8.16. The zero-order valence-electron chi connectivity index (χ0n) is 23.4. The molecule has 0 bridgehead atoms. The zero-order valence-corrected chi connectivity index (χ0v) is 23.4. The van der Waals surface area contributed by atoms with Crippen molar-refractivity contribution in [3.8, 4) is 5.75 Å². The van der Waals surface area contributed by atoms with E-state index >= 15 is 0 Å². The Hall–Kier alpha value is -4.61. The van der Waals surface area contributed by atoms with Crippen LogP contribution in [0.5, 0.6) is 5.75 Å². The molecule has 0 saturated carbocycles. The predicted octanol–water partition coefficient (Wildman–Crippen LogP) is 4.19. The van der Waals surface area contributed by atoms with Crippen LogP contribution in [0.25, 0.3) is 10.9 Å². The van der Waals surface area contributed by atoms with Crippen molar-refractivity contribution in [2.75, 3.05) is 19.7 Å². The first-order chi connectivity index (χ1) is 21.2. The van der Waals surface area contributed by atoms with Crippen molar-refractivity contribution in [2.45, 2.75) is 36.8 Å². The second-order valence-corrected chi connectivity index (χ2v) is 10.9. The summed E-state index contributed by atoms with van der Waals surface area (Å²) in [4.78, 5) is 32.1. The Morgan fingerprint density at radius 2 is 1.73 bits per heavy atom. The van der Waals surface area contributed by atoms with Crippen LogP contribution in [0.3, 0.4) is 0 Å². The summed E-state index contributed by atoms with van der Waals surface area (Å²) in [7, 11) is 0. The lowest BCUT2D eigenvalue weighted by molar-refractivity contribution is -0.137. The standard InChI is InChI=1S/C33H30F3N3O5/c34-33(35,36)21-11-9-19(10-12-21)32(43)39(15-13-22-17-20-5-1-3-7-25(20)38-22)26-18-24(31(42)37-14-16-40)28-23-6-2-4-8-27(23)44-30(28)29(26)41/h1-12,17-18,26,28-30,38,40-41H,13-16H2,(H,37,42)/t26-,28+,29+,30+/m1/s1. The minimum atomic E-state index is -4.57. The Morgan fingerprint density at radius 3 is 2.45 bits per heavy atom. The SMILES string of the molecule is O=C(NCCO)C1=C[C@@H](N(CCc2cc3ccccc3[nH]2)C(=O)c2ccc(C(F)(F)F)cc2)[C@H](O)[C@H]2Oc3ccccc3[C@@H]12. The maximum atomic E-state index is 14.0. The number of ether oxygens (including phenoxy) is 1. The molecule has 228 valence electrons. The fraction of sp³-hybridized carbons (Fsp3) is 0.273. The molecule has 0 radical (unpaired) electrons. The second kappa shape index (κ2) is 11.8. The van der Waals surface area contributed by atoms with Crippen LogP contribution in [0.1, 0.15) is 33.1 Å². The van der Waals surface area contributed by atoms with Crippen molar-refractivity contribution in [3.05, 3.63) is 113 Å². The van der Waals surface area contributed by atoms with E-state index in [2.05, 4.69) is 10.3 Å². The number of H-pyrrole nitrogens is 1. The summed E-state index contributed by atoms with van der Waals surface area (Å²) in [5, 5.41) is 24.7. The van der Waals surface area contributed by atoms with Gasteiger partial charge in [-0.3, -0.25) is 9.59 Å². The average molecular weight is 606 g/mol. The number of nitrogens with one attached hydrogen (secondary N) is 2. The topological polar surface area (TPSA) is 115 Å². The number of carbonyl (C=O) groups is 2. The molecule has 1 aliphatic carbocycles. The van der Waals surface area contributed by atoms with E-state index in [-0.39, 0.29) is 30.8 Å². The molecule has 3 aromatic carbocycles. The van der Waals surface area contributed by atoms with Crippen molar-refractivity contribution in [1.29, 1.82) is 0 Å². The molecule has 4 atom stereocenters. The summed E-state index contributed by atoms with van der Waals surface area (Å²) < 4.78 is 45.9. The molecule has 1 aromatic heterocycles. The second-order valence-electron chi connectivity index (χ2n) is 10.9. The van der Waals surface area contributed by atoms with Crippen molar-refractivity contribution >= 4 is 22.7 Å². The van der Waals surface area contributed by atoms with Crippen molar-refractivity contribution < 1.29 is 37.7 Å². The molecule has 2 aliphatic rings. The number of aromatic nitrogens is 1. The van der Waals surface area contributed by atoms with Gasteiger partial charge >= 0.3 is 6.18 Å². The van der Waals surface area contributed by atoms with Crippen LogP contribution in [-0.2, 0) is 17.4 Å². The smallest absolute Gasteiger partial charge is 0.416 e. The Morgan fingerprint density at radius 1 is 1.00 bits per heavy atom. The number of hydrogen-bond acceptors (Lipinski definition) is 5. The molecule has 0 saturated heterocycles. The number of carbonyl (C=O) groups excluding carboxylic acids is 2. The van der Waals surface area contributed by atoms with E-state index in [1.165, 1.54) is 11.0 Å². The summed E-state index contributed by atoms with van der Waals surface area (Å²) in [6, 6.07) is 19.6. The Bertz CT molecular complexity index is 1680. The minimum Gasteiger partial charge on any atom is -0.486 e. The van der Waals surface area contributed by atoms with Crippen LogP contribution >= 0.6 is 0 Å². The molecule has 0 fully saturated rings. The molecule has 2 amide bonds. The Balaban J connectivity index is 1.39. The number of rotatable bonds is 8. The molecule has 1 aliphatic heterocycles. The van der Waals surface area contributed by atoms with Crippen LogP contribution < -0.4 is 10.1 Å². The molecule has 4 N–H and O–H groups in total. The highest BCUT2D eigenvalue weighted by molar-refractivity contribution is 5.97.